The summed E-state index contributed by atoms with van der Waals surface area (Å²) in [6.07, 6.45) is 2.72. The van der Waals surface area contributed by atoms with Gasteiger partial charge in [0.25, 0.3) is 11.8 Å². The van der Waals surface area contributed by atoms with Gasteiger partial charge in [0.1, 0.15) is 5.69 Å². The summed E-state index contributed by atoms with van der Waals surface area (Å²) in [5.41, 5.74) is 6.52. The predicted molar refractivity (Wildman–Crippen MR) is 139 cm³/mol. The molecule has 0 atom stereocenters. The first-order chi connectivity index (χ1) is 16.5. The maximum Gasteiger partial charge on any atom is 0.267 e. The molecule has 1 aromatic heterocycles. The number of H-pyrrole nitrogens is 1. The summed E-state index contributed by atoms with van der Waals surface area (Å²) in [5.74, 6) is -0.264. The van der Waals surface area contributed by atoms with Crippen LogP contribution in [0.5, 0.6) is 0 Å². The average molecular weight is 457 g/mol. The fraction of sp³-hybridized carbons (Fsp3) is 0.286. The van der Waals surface area contributed by atoms with Crippen molar-refractivity contribution in [2.75, 3.05) is 31.5 Å². The number of carbonyl (C=O) groups excluding carboxylic acids is 2. The van der Waals surface area contributed by atoms with Gasteiger partial charge >= 0.3 is 0 Å². The smallest absolute Gasteiger partial charge is 0.267 e. The van der Waals surface area contributed by atoms with Crippen molar-refractivity contribution >= 4 is 29.2 Å². The molecule has 0 unspecified atom stereocenters. The van der Waals surface area contributed by atoms with Crippen LogP contribution in [0.15, 0.2) is 54.6 Å². The number of benzene rings is 2. The average Bonchev–Trinajstić information content (AvgIpc) is 3.38. The molecule has 3 aromatic rings. The quantitative estimate of drug-likeness (QED) is 0.315. The van der Waals surface area contributed by atoms with Crippen molar-refractivity contribution in [1.29, 1.82) is 0 Å². The second-order valence-corrected chi connectivity index (χ2v) is 8.56. The van der Waals surface area contributed by atoms with Crippen LogP contribution in [0.25, 0.3) is 22.8 Å². The molecule has 2 amide bonds. The summed E-state index contributed by atoms with van der Waals surface area (Å²) in [4.78, 5) is 30.9. The highest BCUT2D eigenvalue weighted by Crippen LogP contribution is 2.36. The fourth-order valence-corrected chi connectivity index (χ4v) is 4.33. The first-order valence-corrected chi connectivity index (χ1v) is 11.9. The Kier molecular flexibility index (Phi) is 7.28. The third-order valence-corrected chi connectivity index (χ3v) is 6.30. The van der Waals surface area contributed by atoms with Crippen LogP contribution in [0.3, 0.4) is 0 Å². The van der Waals surface area contributed by atoms with Gasteiger partial charge in [0, 0.05) is 23.5 Å². The molecule has 2 aromatic carbocycles. The number of aromatic amines is 1. The minimum absolute atomic E-state index is 0.120. The molecule has 6 heteroatoms. The van der Waals surface area contributed by atoms with Crippen LogP contribution in [0.2, 0.25) is 0 Å². The van der Waals surface area contributed by atoms with Crippen molar-refractivity contribution in [3.8, 4) is 11.1 Å². The van der Waals surface area contributed by atoms with Crippen LogP contribution < -0.4 is 10.6 Å². The lowest BCUT2D eigenvalue weighted by Gasteiger charge is -2.17. The molecular weight excluding hydrogens is 424 g/mol. The van der Waals surface area contributed by atoms with Crippen LogP contribution in [-0.2, 0) is 4.79 Å². The molecule has 3 N–H and O–H groups in total. The molecular formula is C28H32N4O2. The molecule has 0 aliphatic carbocycles. The summed E-state index contributed by atoms with van der Waals surface area (Å²) in [6, 6.07) is 18.0. The Morgan fingerprint density at radius 3 is 2.53 bits per heavy atom. The van der Waals surface area contributed by atoms with Gasteiger partial charge in [-0.25, -0.2) is 0 Å². The van der Waals surface area contributed by atoms with E-state index < -0.39 is 0 Å². The van der Waals surface area contributed by atoms with E-state index in [0.717, 1.165) is 59.7 Å². The van der Waals surface area contributed by atoms with Gasteiger partial charge in [-0.1, -0.05) is 56.3 Å². The molecule has 1 aliphatic rings. The number of aryl methyl sites for hydroxylation is 1. The number of fused-ring (bicyclic) bond motifs is 1. The maximum absolute atomic E-state index is 12.7. The Hall–Kier alpha value is -3.64. The topological polar surface area (TPSA) is 77.2 Å². The molecule has 0 saturated carbocycles. The van der Waals surface area contributed by atoms with E-state index in [4.69, 9.17) is 0 Å². The van der Waals surface area contributed by atoms with Gasteiger partial charge in [-0.05, 0) is 67.9 Å². The van der Waals surface area contributed by atoms with Gasteiger partial charge in [0.15, 0.2) is 0 Å². The van der Waals surface area contributed by atoms with Crippen molar-refractivity contribution in [2.45, 2.75) is 27.2 Å². The van der Waals surface area contributed by atoms with Crippen molar-refractivity contribution in [2.24, 2.45) is 0 Å². The molecule has 0 spiro atoms. The Morgan fingerprint density at radius 1 is 1.03 bits per heavy atom. The normalized spacial score (nSPS) is 13.9. The molecule has 0 radical (unpaired) electrons. The van der Waals surface area contributed by atoms with E-state index in [-0.39, 0.29) is 11.8 Å². The van der Waals surface area contributed by atoms with Crippen LogP contribution in [0, 0.1) is 6.92 Å². The Balaban J connectivity index is 1.47. The molecule has 0 bridgehead atoms. The zero-order valence-corrected chi connectivity index (χ0v) is 20.1. The standard InChI is InChI=1S/C28H32N4O2/c1-4-32(5-2)15-9-14-29-28(34)26-19(3)16-22(30-26)18-24-23-13-12-21(17-25(23)31-27(24)33)20-10-7-6-8-11-20/h6-8,10-13,16-18,30H,4-5,9,14-15H2,1-3H3,(H,29,34)(H,31,33)/b24-18-. The van der Waals surface area contributed by atoms with Gasteiger partial charge in [0.05, 0.1) is 5.57 Å². The largest absolute Gasteiger partial charge is 0.351 e. The van der Waals surface area contributed by atoms with Crippen molar-refractivity contribution in [3.63, 3.8) is 0 Å². The lowest BCUT2D eigenvalue weighted by atomic mass is 10.00. The Morgan fingerprint density at radius 2 is 1.79 bits per heavy atom. The molecule has 6 nitrogen and oxygen atoms in total. The number of aromatic nitrogens is 1. The number of carbonyl (C=O) groups is 2. The lowest BCUT2D eigenvalue weighted by molar-refractivity contribution is -0.110. The number of amides is 2. The highest BCUT2D eigenvalue weighted by molar-refractivity contribution is 6.35. The van der Waals surface area contributed by atoms with Crippen molar-refractivity contribution in [3.05, 3.63) is 77.1 Å². The molecule has 4 rings (SSSR count). The summed E-state index contributed by atoms with van der Waals surface area (Å²) in [5, 5.41) is 5.97. The van der Waals surface area contributed by atoms with E-state index in [9.17, 15) is 9.59 Å². The number of hydrogen-bond donors (Lipinski definition) is 3. The SMILES string of the molecule is CCN(CC)CCCNC(=O)c1[nH]c(/C=C2\C(=O)Nc3cc(-c4ccccc4)ccc32)cc1C. The van der Waals surface area contributed by atoms with Crippen molar-refractivity contribution < 1.29 is 9.59 Å². The number of hydrogen-bond acceptors (Lipinski definition) is 3. The van der Waals surface area contributed by atoms with Crippen molar-refractivity contribution in [1.82, 2.24) is 15.2 Å². The third kappa shape index (κ3) is 5.13. The zero-order valence-electron chi connectivity index (χ0n) is 20.1. The predicted octanol–water partition coefficient (Wildman–Crippen LogP) is 4.94. The highest BCUT2D eigenvalue weighted by Gasteiger charge is 2.25. The zero-order chi connectivity index (χ0) is 24.1. The van der Waals surface area contributed by atoms with E-state index in [0.29, 0.717) is 17.8 Å². The lowest BCUT2D eigenvalue weighted by Crippen LogP contribution is -2.30. The third-order valence-electron chi connectivity index (χ3n) is 6.30. The van der Waals surface area contributed by atoms with E-state index in [1.54, 1.807) is 0 Å². The van der Waals surface area contributed by atoms with E-state index in [2.05, 4.69) is 34.4 Å². The second kappa shape index (κ2) is 10.5. The van der Waals surface area contributed by atoms with Crippen LogP contribution in [0.4, 0.5) is 5.69 Å². The Bertz CT molecular complexity index is 1210. The first-order valence-electron chi connectivity index (χ1n) is 11.9. The molecule has 176 valence electrons. The van der Waals surface area contributed by atoms with Gasteiger partial charge in [-0.15, -0.1) is 0 Å². The van der Waals surface area contributed by atoms with Crippen LogP contribution in [-0.4, -0.2) is 47.9 Å². The van der Waals surface area contributed by atoms with E-state index >= 15 is 0 Å². The second-order valence-electron chi connectivity index (χ2n) is 8.56. The summed E-state index contributed by atoms with van der Waals surface area (Å²) < 4.78 is 0. The monoisotopic (exact) mass is 456 g/mol. The molecule has 0 saturated heterocycles. The fourth-order valence-electron chi connectivity index (χ4n) is 4.33. The minimum atomic E-state index is -0.144. The summed E-state index contributed by atoms with van der Waals surface area (Å²) in [6.45, 7) is 9.82. The number of nitrogens with zero attached hydrogens (tertiary/aromatic N) is 1. The van der Waals surface area contributed by atoms with Gasteiger partial charge in [-0.3, -0.25) is 9.59 Å². The maximum atomic E-state index is 12.7. The number of anilines is 1. The summed E-state index contributed by atoms with van der Waals surface area (Å²) >= 11 is 0. The molecule has 1 aliphatic heterocycles. The molecule has 2 heterocycles. The molecule has 0 fully saturated rings. The Labute approximate surface area is 201 Å². The highest BCUT2D eigenvalue weighted by atomic mass is 16.2. The van der Waals surface area contributed by atoms with Crippen LogP contribution in [0.1, 0.15) is 47.6 Å². The van der Waals surface area contributed by atoms with Gasteiger partial charge in [-0.2, -0.15) is 0 Å². The van der Waals surface area contributed by atoms with Gasteiger partial charge < -0.3 is 20.5 Å². The molecule has 34 heavy (non-hydrogen) atoms. The van der Waals surface area contributed by atoms with Gasteiger partial charge in [0.2, 0.25) is 0 Å². The summed E-state index contributed by atoms with van der Waals surface area (Å²) in [7, 11) is 0. The number of rotatable bonds is 9. The van der Waals surface area contributed by atoms with E-state index in [1.807, 2.05) is 67.6 Å². The minimum Gasteiger partial charge on any atom is -0.351 e. The van der Waals surface area contributed by atoms with E-state index in [1.165, 1.54) is 0 Å². The first kappa shape index (κ1) is 23.5. The number of nitrogens with one attached hydrogen (secondary N) is 3. The van der Waals surface area contributed by atoms with Crippen LogP contribution >= 0.6 is 0 Å².